The van der Waals surface area contributed by atoms with Crippen LogP contribution in [-0.2, 0) is 0 Å². The van der Waals surface area contributed by atoms with Gasteiger partial charge in [-0.25, -0.2) is 0 Å². The van der Waals surface area contributed by atoms with Gasteiger partial charge in [-0.2, -0.15) is 10.5 Å². The highest BCUT2D eigenvalue weighted by atomic mass is 15.1. The summed E-state index contributed by atoms with van der Waals surface area (Å²) >= 11 is 0. The molecule has 0 N–H and O–H groups in total. The normalized spacial score (nSPS) is 11.2. The molecule has 0 amide bonds. The van der Waals surface area contributed by atoms with E-state index in [-0.39, 0.29) is 0 Å². The number of hydrogen-bond acceptors (Lipinski definition) is 4. The SMILES string of the molecule is N#Cc1ccc(N(c2ccc(-c3ccc(-c4ccc(N(c5ccc(C#N)cc5)c5ccc6c(c5)c5ccccc5n6-c5ccccc5)cc4)cc3)cc2)c2ccc3c(c2)c2ccccc2n3-c2ccccc2)cc1. The van der Waals surface area contributed by atoms with Crippen LogP contribution in [0.5, 0.6) is 0 Å². The zero-order chi connectivity index (χ0) is 49.5. The van der Waals surface area contributed by atoms with Crippen molar-refractivity contribution in [3.63, 3.8) is 0 Å². The standard InChI is InChI=1S/C68H44N6/c69-45-47-19-31-55(32-20-47)71(59-39-41-67-63(43-59)61-15-7-9-17-65(61)73(67)53-11-3-1-4-12-53)57-35-27-51(28-36-57)49-23-25-50(26-24-49)52-29-37-58(38-30-52)72(56-33-21-48(46-70)22-34-56)60-40-42-68-64(44-60)62-16-8-10-18-66(62)74(68)54-13-5-2-6-14-54/h1-44H. The summed E-state index contributed by atoms with van der Waals surface area (Å²) in [5.74, 6) is 0. The van der Waals surface area contributed by atoms with Crippen molar-refractivity contribution in [2.75, 3.05) is 9.80 Å². The Bertz CT molecular complexity index is 3990. The van der Waals surface area contributed by atoms with Crippen molar-refractivity contribution in [2.24, 2.45) is 0 Å². The summed E-state index contributed by atoms with van der Waals surface area (Å²) in [6.45, 7) is 0. The number of fused-ring (bicyclic) bond motifs is 6. The fourth-order valence-electron chi connectivity index (χ4n) is 10.6. The molecule has 2 aromatic heterocycles. The second kappa shape index (κ2) is 18.4. The van der Waals surface area contributed by atoms with Crippen LogP contribution in [0.3, 0.4) is 0 Å². The lowest BCUT2D eigenvalue weighted by molar-refractivity contribution is 1.18. The Kier molecular flexibility index (Phi) is 10.8. The average molecular weight is 945 g/mol. The molecule has 13 aromatic rings. The van der Waals surface area contributed by atoms with Crippen molar-refractivity contribution >= 4 is 77.7 Å². The molecule has 0 fully saturated rings. The number of para-hydroxylation sites is 4. The van der Waals surface area contributed by atoms with Gasteiger partial charge < -0.3 is 18.9 Å². The first-order valence-corrected chi connectivity index (χ1v) is 24.7. The highest BCUT2D eigenvalue weighted by Gasteiger charge is 2.20. The summed E-state index contributed by atoms with van der Waals surface area (Å²) < 4.78 is 4.66. The Morgan fingerprint density at radius 2 is 0.541 bits per heavy atom. The lowest BCUT2D eigenvalue weighted by Crippen LogP contribution is -2.10. The molecule has 2 heterocycles. The molecule has 11 aromatic carbocycles. The second-order valence-corrected chi connectivity index (χ2v) is 18.4. The minimum atomic E-state index is 0.618. The number of rotatable bonds is 10. The first-order valence-electron chi connectivity index (χ1n) is 24.7. The number of aromatic nitrogens is 2. The monoisotopic (exact) mass is 944 g/mol. The maximum atomic E-state index is 9.66. The van der Waals surface area contributed by atoms with Gasteiger partial charge in [-0.05, 0) is 168 Å². The molecular weight excluding hydrogens is 901 g/mol. The molecule has 0 unspecified atom stereocenters. The Morgan fingerprint density at radius 3 is 0.892 bits per heavy atom. The number of benzene rings is 11. The maximum Gasteiger partial charge on any atom is 0.0991 e. The molecule has 0 aliphatic rings. The lowest BCUT2D eigenvalue weighted by Gasteiger charge is -2.26. The predicted molar refractivity (Wildman–Crippen MR) is 305 cm³/mol. The van der Waals surface area contributed by atoms with Crippen LogP contribution in [0.4, 0.5) is 34.1 Å². The summed E-state index contributed by atoms with van der Waals surface area (Å²) in [6, 6.07) is 97.9. The van der Waals surface area contributed by atoms with Crippen LogP contribution in [0.1, 0.15) is 11.1 Å². The third-order valence-corrected chi connectivity index (χ3v) is 14.2. The van der Waals surface area contributed by atoms with Gasteiger partial charge in [0.1, 0.15) is 0 Å². The van der Waals surface area contributed by atoms with E-state index in [9.17, 15) is 10.5 Å². The first kappa shape index (κ1) is 43.6. The number of anilines is 6. The van der Waals surface area contributed by atoms with Crippen LogP contribution in [0.25, 0.3) is 77.2 Å². The van der Waals surface area contributed by atoms with E-state index < -0.39 is 0 Å². The van der Waals surface area contributed by atoms with Crippen LogP contribution < -0.4 is 9.80 Å². The number of hydrogen-bond donors (Lipinski definition) is 0. The quantitative estimate of drug-likeness (QED) is 0.137. The van der Waals surface area contributed by atoms with Crippen LogP contribution in [0.15, 0.2) is 267 Å². The maximum absolute atomic E-state index is 9.66. The van der Waals surface area contributed by atoms with Crippen LogP contribution >= 0.6 is 0 Å². The van der Waals surface area contributed by atoms with Gasteiger partial charge in [0.25, 0.3) is 0 Å². The number of nitrogens with zero attached hydrogens (tertiary/aromatic N) is 6. The minimum absolute atomic E-state index is 0.618. The molecule has 0 aliphatic carbocycles. The van der Waals surface area contributed by atoms with Crippen LogP contribution in [0, 0.1) is 22.7 Å². The van der Waals surface area contributed by atoms with E-state index in [1.165, 1.54) is 10.8 Å². The highest BCUT2D eigenvalue weighted by Crippen LogP contribution is 2.43. The predicted octanol–water partition coefficient (Wildman–Crippen LogP) is 17.9. The van der Waals surface area contributed by atoms with E-state index in [1.54, 1.807) is 0 Å². The third-order valence-electron chi connectivity index (χ3n) is 14.2. The van der Waals surface area contributed by atoms with Gasteiger partial charge in [0.15, 0.2) is 0 Å². The van der Waals surface area contributed by atoms with E-state index in [4.69, 9.17) is 0 Å². The van der Waals surface area contributed by atoms with Crippen LogP contribution in [0.2, 0.25) is 0 Å². The van der Waals surface area contributed by atoms with Gasteiger partial charge in [-0.15, -0.1) is 0 Å². The molecule has 0 bridgehead atoms. The minimum Gasteiger partial charge on any atom is -0.310 e. The van der Waals surface area contributed by atoms with E-state index in [2.05, 4.69) is 249 Å². The van der Waals surface area contributed by atoms with Gasteiger partial charge in [0, 0.05) is 67.0 Å². The van der Waals surface area contributed by atoms with Crippen molar-refractivity contribution < 1.29 is 0 Å². The van der Waals surface area contributed by atoms with E-state index >= 15 is 0 Å². The summed E-state index contributed by atoms with van der Waals surface area (Å²) in [7, 11) is 0. The zero-order valence-corrected chi connectivity index (χ0v) is 40.1. The second-order valence-electron chi connectivity index (χ2n) is 18.4. The highest BCUT2D eigenvalue weighted by molar-refractivity contribution is 6.12. The average Bonchev–Trinajstić information content (AvgIpc) is 4.00. The molecular formula is C68H44N6. The fraction of sp³-hybridized carbons (Fsp3) is 0. The van der Waals surface area contributed by atoms with E-state index in [0.717, 1.165) is 101 Å². The molecule has 6 heteroatoms. The topological polar surface area (TPSA) is 63.9 Å². The molecule has 13 rings (SSSR count). The summed E-state index contributed by atoms with van der Waals surface area (Å²) in [4.78, 5) is 4.52. The Balaban J connectivity index is 0.811. The van der Waals surface area contributed by atoms with Gasteiger partial charge in [0.2, 0.25) is 0 Å². The smallest absolute Gasteiger partial charge is 0.0991 e. The molecule has 0 radical (unpaired) electrons. The first-order chi connectivity index (χ1) is 36.6. The molecule has 0 aliphatic heterocycles. The molecule has 74 heavy (non-hydrogen) atoms. The van der Waals surface area contributed by atoms with E-state index in [0.29, 0.717) is 11.1 Å². The summed E-state index contributed by atoms with van der Waals surface area (Å²) in [6.07, 6.45) is 0. The zero-order valence-electron chi connectivity index (χ0n) is 40.1. The molecule has 0 saturated carbocycles. The third kappa shape index (κ3) is 7.68. The van der Waals surface area contributed by atoms with Gasteiger partial charge in [0.05, 0.1) is 45.3 Å². The molecule has 346 valence electrons. The summed E-state index contributed by atoms with van der Waals surface area (Å²) in [5.41, 5.74) is 18.5. The van der Waals surface area contributed by atoms with Crippen LogP contribution in [-0.4, -0.2) is 9.13 Å². The fourth-order valence-corrected chi connectivity index (χ4v) is 10.6. The van der Waals surface area contributed by atoms with E-state index in [1.807, 2.05) is 48.5 Å². The van der Waals surface area contributed by atoms with Gasteiger partial charge in [-0.3, -0.25) is 0 Å². The lowest BCUT2D eigenvalue weighted by atomic mass is 9.99. The number of nitriles is 2. The van der Waals surface area contributed by atoms with Gasteiger partial charge in [-0.1, -0.05) is 121 Å². The van der Waals surface area contributed by atoms with Crippen molar-refractivity contribution in [3.05, 3.63) is 278 Å². The summed E-state index contributed by atoms with van der Waals surface area (Å²) in [5, 5.41) is 24.0. The molecule has 0 saturated heterocycles. The molecule has 0 spiro atoms. The Hall–Kier alpha value is -10.4. The molecule has 6 nitrogen and oxygen atoms in total. The van der Waals surface area contributed by atoms with Gasteiger partial charge >= 0.3 is 0 Å². The largest absolute Gasteiger partial charge is 0.310 e. The molecule has 0 atom stereocenters. The van der Waals surface area contributed by atoms with Crippen molar-refractivity contribution in [2.45, 2.75) is 0 Å². The van der Waals surface area contributed by atoms with Crippen molar-refractivity contribution in [3.8, 4) is 45.8 Å². The Morgan fingerprint density at radius 1 is 0.257 bits per heavy atom. The van der Waals surface area contributed by atoms with Crippen molar-refractivity contribution in [1.82, 2.24) is 9.13 Å². The Labute approximate surface area is 428 Å². The van der Waals surface area contributed by atoms with Crippen molar-refractivity contribution in [1.29, 1.82) is 10.5 Å².